The normalized spacial score (nSPS) is 11.9. The first-order valence-electron chi connectivity index (χ1n) is 10.4. The van der Waals surface area contributed by atoms with Gasteiger partial charge in [-0.15, -0.1) is 0 Å². The van der Waals surface area contributed by atoms with Crippen molar-refractivity contribution >= 4 is 0 Å². The lowest BCUT2D eigenvalue weighted by Crippen LogP contribution is -2.10. The lowest BCUT2D eigenvalue weighted by atomic mass is 9.96. The molecule has 0 saturated heterocycles. The van der Waals surface area contributed by atoms with Gasteiger partial charge in [-0.05, 0) is 24.5 Å². The highest BCUT2D eigenvalue weighted by Crippen LogP contribution is 2.27. The monoisotopic (exact) mass is 360 g/mol. The number of benzene rings is 1. The maximum Gasteiger partial charge on any atom is 0.0951 e. The van der Waals surface area contributed by atoms with Gasteiger partial charge in [-0.1, -0.05) is 95.4 Å². The third kappa shape index (κ3) is 7.72. The summed E-state index contributed by atoms with van der Waals surface area (Å²) in [5.41, 5.74) is 2.82. The molecule has 0 aliphatic carbocycles. The van der Waals surface area contributed by atoms with Gasteiger partial charge in [0.15, 0.2) is 0 Å². The van der Waals surface area contributed by atoms with Gasteiger partial charge in [0.05, 0.1) is 12.4 Å². The summed E-state index contributed by atoms with van der Waals surface area (Å²) in [4.78, 5) is 4.26. The Morgan fingerprint density at radius 2 is 1.50 bits per heavy atom. The van der Waals surface area contributed by atoms with Gasteiger partial charge in [0.2, 0.25) is 0 Å². The Labute approximate surface area is 159 Å². The first kappa shape index (κ1) is 22.4. The van der Waals surface area contributed by atoms with Gasteiger partial charge >= 0.3 is 0 Å². The molecule has 0 saturated carbocycles. The fourth-order valence-electron chi connectivity index (χ4n) is 3.70. The Morgan fingerprint density at radius 1 is 0.885 bits per heavy atom. The number of hydrogen-bond acceptors (Lipinski definition) is 1. The smallest absolute Gasteiger partial charge is 0.0951 e. The molecule has 1 heterocycles. The lowest BCUT2D eigenvalue weighted by Gasteiger charge is -2.21. The van der Waals surface area contributed by atoms with Crippen LogP contribution >= 0.6 is 0 Å². The Balaban J connectivity index is 0.00000338. The molecule has 0 N–H and O–H groups in total. The van der Waals surface area contributed by atoms with Crippen LogP contribution in [-0.2, 0) is 0 Å². The molecule has 0 bridgehead atoms. The number of unbranched alkanes of at least 4 members (excludes halogenated alkanes) is 9. The van der Waals surface area contributed by atoms with E-state index in [2.05, 4.69) is 53.9 Å². The zero-order valence-electron chi connectivity index (χ0n) is 16.7. The second-order valence-corrected chi connectivity index (χ2v) is 7.35. The average Bonchev–Trinajstić information content (AvgIpc) is 3.15. The summed E-state index contributed by atoms with van der Waals surface area (Å²) in [5.74, 6) is 0. The molecule has 26 heavy (non-hydrogen) atoms. The largest absolute Gasteiger partial charge is 0.330 e. The molecule has 1 aromatic carbocycles. The highest BCUT2D eigenvalue weighted by molar-refractivity contribution is 5.29. The van der Waals surface area contributed by atoms with Crippen molar-refractivity contribution < 1.29 is 4.70 Å². The molecule has 2 nitrogen and oxygen atoms in total. The molecule has 1 aromatic heterocycles. The van der Waals surface area contributed by atoms with Crippen molar-refractivity contribution in [1.82, 2.24) is 9.55 Å². The first-order chi connectivity index (χ1) is 12.3. The molecule has 0 aliphatic rings. The minimum absolute atomic E-state index is 0. The molecule has 0 spiro atoms. The van der Waals surface area contributed by atoms with E-state index in [1.807, 2.05) is 12.5 Å². The van der Waals surface area contributed by atoms with Crippen molar-refractivity contribution in [3.8, 4) is 0 Å². The van der Waals surface area contributed by atoms with Crippen molar-refractivity contribution in [3.05, 3.63) is 54.1 Å². The van der Waals surface area contributed by atoms with Crippen LogP contribution in [0.1, 0.15) is 94.7 Å². The standard InChI is InChI=1S/C23H36N2.FH/c1-3-4-5-6-7-8-9-10-11-12-17-23(25-19-18-24-20-25)22-16-14-13-15-21(22)2;/h13-16,18-20,23H,3-12,17H2,1-2H3;1H. The maximum atomic E-state index is 4.26. The zero-order chi connectivity index (χ0) is 17.7. The maximum absolute atomic E-state index is 4.26. The van der Waals surface area contributed by atoms with Crippen LogP contribution in [0.4, 0.5) is 4.70 Å². The van der Waals surface area contributed by atoms with E-state index < -0.39 is 0 Å². The predicted molar refractivity (Wildman–Crippen MR) is 111 cm³/mol. The summed E-state index contributed by atoms with van der Waals surface area (Å²) in [6.45, 7) is 4.51. The van der Waals surface area contributed by atoms with Gasteiger partial charge < -0.3 is 4.57 Å². The van der Waals surface area contributed by atoms with Gasteiger partial charge in [0, 0.05) is 12.4 Å². The third-order valence-corrected chi connectivity index (χ3v) is 5.26. The molecule has 2 rings (SSSR count). The molecule has 0 amide bonds. The minimum atomic E-state index is 0. The minimum Gasteiger partial charge on any atom is -0.330 e. The van der Waals surface area contributed by atoms with E-state index in [1.165, 1.54) is 81.8 Å². The fourth-order valence-corrected chi connectivity index (χ4v) is 3.70. The molecule has 146 valence electrons. The summed E-state index contributed by atoms with van der Waals surface area (Å²) in [7, 11) is 0. The average molecular weight is 361 g/mol. The third-order valence-electron chi connectivity index (χ3n) is 5.26. The topological polar surface area (TPSA) is 17.8 Å². The van der Waals surface area contributed by atoms with Gasteiger partial charge in [0.1, 0.15) is 0 Å². The summed E-state index contributed by atoms with van der Waals surface area (Å²) in [6.07, 6.45) is 21.1. The highest BCUT2D eigenvalue weighted by Gasteiger charge is 2.14. The predicted octanol–water partition coefficient (Wildman–Crippen LogP) is 7.24. The molecule has 0 aliphatic heterocycles. The number of nitrogens with zero attached hydrogens (tertiary/aromatic N) is 2. The van der Waals surface area contributed by atoms with E-state index in [0.29, 0.717) is 6.04 Å². The van der Waals surface area contributed by atoms with Crippen LogP contribution in [0.2, 0.25) is 0 Å². The quantitative estimate of drug-likeness (QED) is 0.344. The highest BCUT2D eigenvalue weighted by atomic mass is 19.0. The van der Waals surface area contributed by atoms with Crippen LogP contribution in [0.5, 0.6) is 0 Å². The second-order valence-electron chi connectivity index (χ2n) is 7.35. The second kappa shape index (κ2) is 13.5. The molecule has 1 atom stereocenters. The first-order valence-corrected chi connectivity index (χ1v) is 10.4. The van der Waals surface area contributed by atoms with Crippen LogP contribution in [0.3, 0.4) is 0 Å². The van der Waals surface area contributed by atoms with Gasteiger partial charge in [-0.3, -0.25) is 4.70 Å². The summed E-state index contributed by atoms with van der Waals surface area (Å²) in [6, 6.07) is 9.21. The van der Waals surface area contributed by atoms with Crippen LogP contribution in [-0.4, -0.2) is 9.55 Å². The Kier molecular flexibility index (Phi) is 11.7. The molecule has 2 aromatic rings. The summed E-state index contributed by atoms with van der Waals surface area (Å²) in [5, 5.41) is 0. The number of aromatic nitrogens is 2. The van der Waals surface area contributed by atoms with E-state index in [9.17, 15) is 0 Å². The van der Waals surface area contributed by atoms with Crippen molar-refractivity contribution in [3.63, 3.8) is 0 Å². The number of rotatable bonds is 13. The van der Waals surface area contributed by atoms with Gasteiger partial charge in [0.25, 0.3) is 0 Å². The van der Waals surface area contributed by atoms with E-state index >= 15 is 0 Å². The van der Waals surface area contributed by atoms with Crippen molar-refractivity contribution in [2.45, 2.75) is 90.5 Å². The number of aryl methyl sites for hydroxylation is 1. The number of halogens is 1. The number of hydrogen-bond donors (Lipinski definition) is 0. The van der Waals surface area contributed by atoms with Gasteiger partial charge in [-0.2, -0.15) is 0 Å². The molecule has 3 heteroatoms. The van der Waals surface area contributed by atoms with Gasteiger partial charge in [-0.25, -0.2) is 4.98 Å². The number of imidazole rings is 1. The Bertz CT molecular complexity index is 565. The van der Waals surface area contributed by atoms with Crippen molar-refractivity contribution in [2.75, 3.05) is 0 Å². The molecule has 1 unspecified atom stereocenters. The van der Waals surface area contributed by atoms with Crippen molar-refractivity contribution in [1.29, 1.82) is 0 Å². The fraction of sp³-hybridized carbons (Fsp3) is 0.609. The lowest BCUT2D eigenvalue weighted by molar-refractivity contribution is 0.486. The zero-order valence-corrected chi connectivity index (χ0v) is 16.7. The summed E-state index contributed by atoms with van der Waals surface area (Å²) < 4.78 is 2.27. The van der Waals surface area contributed by atoms with Crippen LogP contribution in [0, 0.1) is 6.92 Å². The van der Waals surface area contributed by atoms with E-state index in [-0.39, 0.29) is 4.70 Å². The summed E-state index contributed by atoms with van der Waals surface area (Å²) >= 11 is 0. The molecule has 0 radical (unpaired) electrons. The van der Waals surface area contributed by atoms with E-state index in [0.717, 1.165) is 0 Å². The van der Waals surface area contributed by atoms with E-state index in [1.54, 1.807) is 0 Å². The van der Waals surface area contributed by atoms with Crippen LogP contribution in [0.25, 0.3) is 0 Å². The van der Waals surface area contributed by atoms with E-state index in [4.69, 9.17) is 0 Å². The Morgan fingerprint density at radius 3 is 2.08 bits per heavy atom. The SMILES string of the molecule is CCCCCCCCCCCCC(c1ccccc1C)n1ccnc1.F. The molecular weight excluding hydrogens is 323 g/mol. The molecular formula is C23H37FN2. The molecule has 0 fully saturated rings. The van der Waals surface area contributed by atoms with Crippen molar-refractivity contribution in [2.24, 2.45) is 0 Å². The van der Waals surface area contributed by atoms with Crippen LogP contribution < -0.4 is 0 Å². The Hall–Kier alpha value is -1.64. The van der Waals surface area contributed by atoms with Crippen LogP contribution in [0.15, 0.2) is 43.0 Å².